The summed E-state index contributed by atoms with van der Waals surface area (Å²) in [5.74, 6) is 1.84. The topological polar surface area (TPSA) is 73.1 Å². The Labute approximate surface area is 135 Å². The van der Waals surface area contributed by atoms with Crippen molar-refractivity contribution in [3.05, 3.63) is 36.2 Å². The van der Waals surface area contributed by atoms with Gasteiger partial charge in [-0.15, -0.1) is 10.2 Å². The van der Waals surface area contributed by atoms with Gasteiger partial charge in [-0.1, -0.05) is 18.2 Å². The Balaban J connectivity index is 1.51. The van der Waals surface area contributed by atoms with E-state index in [1.807, 2.05) is 37.4 Å². The van der Waals surface area contributed by atoms with Crippen molar-refractivity contribution in [3.63, 3.8) is 0 Å². The summed E-state index contributed by atoms with van der Waals surface area (Å²) in [5.41, 5.74) is 0. The summed E-state index contributed by atoms with van der Waals surface area (Å²) < 4.78 is 5.56. The highest BCUT2D eigenvalue weighted by Crippen LogP contribution is 2.34. The number of likely N-dealkylation sites (N-methyl/N-ethyl adjacent to an activating group) is 1. The minimum Gasteiger partial charge on any atom is -0.485 e. The molecule has 0 saturated heterocycles. The van der Waals surface area contributed by atoms with E-state index in [9.17, 15) is 4.79 Å². The number of nitrogens with zero attached hydrogens (tertiary/aromatic N) is 5. The van der Waals surface area contributed by atoms with Crippen LogP contribution < -0.4 is 4.74 Å². The molecular formula is C16H21N5O2. The van der Waals surface area contributed by atoms with Gasteiger partial charge in [-0.05, 0) is 43.0 Å². The summed E-state index contributed by atoms with van der Waals surface area (Å²) in [5, 5.41) is 12.0. The lowest BCUT2D eigenvalue weighted by atomic mass is 10.2. The van der Waals surface area contributed by atoms with Gasteiger partial charge in [0.05, 0.1) is 0 Å². The quantitative estimate of drug-likeness (QED) is 0.774. The average Bonchev–Trinajstić information content (AvgIpc) is 3.33. The maximum Gasteiger partial charge on any atom is 0.246 e. The first-order chi connectivity index (χ1) is 11.1. The summed E-state index contributed by atoms with van der Waals surface area (Å²) >= 11 is 0. The predicted molar refractivity (Wildman–Crippen MR) is 83.5 cm³/mol. The standard InChI is InChI=1S/C16H21N5O2/c1-12(13-8-9-13)20(2)16(22)10-21-18-15(17-19-21)11-23-14-6-4-3-5-7-14/h3-7,12-13H,8-11H2,1-2H3/t12-/m0/s1. The van der Waals surface area contributed by atoms with E-state index in [-0.39, 0.29) is 25.1 Å². The van der Waals surface area contributed by atoms with Gasteiger partial charge in [0.1, 0.15) is 12.3 Å². The van der Waals surface area contributed by atoms with Gasteiger partial charge in [-0.3, -0.25) is 4.79 Å². The van der Waals surface area contributed by atoms with Crippen molar-refractivity contribution in [1.82, 2.24) is 25.1 Å². The van der Waals surface area contributed by atoms with E-state index in [1.165, 1.54) is 17.6 Å². The van der Waals surface area contributed by atoms with Gasteiger partial charge in [-0.25, -0.2) is 0 Å². The lowest BCUT2D eigenvalue weighted by Crippen LogP contribution is -2.38. The minimum absolute atomic E-state index is 0.00247. The normalized spacial score (nSPS) is 15.2. The zero-order valence-corrected chi connectivity index (χ0v) is 13.4. The van der Waals surface area contributed by atoms with Crippen molar-refractivity contribution in [2.75, 3.05) is 7.05 Å². The smallest absolute Gasteiger partial charge is 0.246 e. The van der Waals surface area contributed by atoms with Crippen molar-refractivity contribution >= 4 is 5.91 Å². The van der Waals surface area contributed by atoms with E-state index >= 15 is 0 Å². The molecule has 0 aliphatic heterocycles. The lowest BCUT2D eigenvalue weighted by Gasteiger charge is -2.24. The second-order valence-electron chi connectivity index (χ2n) is 5.92. The van der Waals surface area contributed by atoms with Crippen LogP contribution >= 0.6 is 0 Å². The molecular weight excluding hydrogens is 294 g/mol. The Morgan fingerprint density at radius 3 is 2.83 bits per heavy atom. The SMILES string of the molecule is C[C@@H](C1CC1)N(C)C(=O)Cn1nnc(COc2ccccc2)n1. The molecule has 0 unspecified atom stereocenters. The molecule has 1 saturated carbocycles. The Morgan fingerprint density at radius 2 is 2.13 bits per heavy atom. The largest absolute Gasteiger partial charge is 0.485 e. The third-order valence-electron chi connectivity index (χ3n) is 4.19. The molecule has 1 aromatic carbocycles. The minimum atomic E-state index is -0.00247. The number of hydrogen-bond acceptors (Lipinski definition) is 5. The molecule has 1 amide bonds. The molecule has 0 spiro atoms. The van der Waals surface area contributed by atoms with Crippen molar-refractivity contribution < 1.29 is 9.53 Å². The zero-order valence-electron chi connectivity index (χ0n) is 13.4. The molecule has 0 N–H and O–H groups in total. The number of tetrazole rings is 1. The van der Waals surface area contributed by atoms with Crippen molar-refractivity contribution in [2.24, 2.45) is 5.92 Å². The second kappa shape index (κ2) is 6.76. The summed E-state index contributed by atoms with van der Waals surface area (Å²) in [4.78, 5) is 15.3. The summed E-state index contributed by atoms with van der Waals surface area (Å²) in [6, 6.07) is 9.72. The molecule has 3 rings (SSSR count). The van der Waals surface area contributed by atoms with E-state index in [0.717, 1.165) is 5.75 Å². The number of rotatable bonds is 7. The number of ether oxygens (including phenoxy) is 1. The molecule has 0 radical (unpaired) electrons. The van der Waals surface area contributed by atoms with E-state index in [2.05, 4.69) is 22.3 Å². The summed E-state index contributed by atoms with van der Waals surface area (Å²) in [6.07, 6.45) is 2.42. The van der Waals surface area contributed by atoms with Crippen LogP contribution in [0.5, 0.6) is 5.75 Å². The molecule has 1 fully saturated rings. The van der Waals surface area contributed by atoms with E-state index in [0.29, 0.717) is 11.7 Å². The Bertz CT molecular complexity index is 654. The van der Waals surface area contributed by atoms with Crippen LogP contribution in [0.4, 0.5) is 0 Å². The van der Waals surface area contributed by atoms with Crippen molar-refractivity contribution in [1.29, 1.82) is 0 Å². The molecule has 0 bridgehead atoms. The van der Waals surface area contributed by atoms with Gasteiger partial charge in [0.2, 0.25) is 11.7 Å². The monoisotopic (exact) mass is 315 g/mol. The van der Waals surface area contributed by atoms with Gasteiger partial charge >= 0.3 is 0 Å². The number of amides is 1. The highest BCUT2D eigenvalue weighted by molar-refractivity contribution is 5.75. The van der Waals surface area contributed by atoms with Crippen LogP contribution in [0.25, 0.3) is 0 Å². The molecule has 7 nitrogen and oxygen atoms in total. The number of para-hydroxylation sites is 1. The Hall–Kier alpha value is -2.44. The lowest BCUT2D eigenvalue weighted by molar-refractivity contribution is -0.133. The summed E-state index contributed by atoms with van der Waals surface area (Å²) in [6.45, 7) is 2.42. The second-order valence-corrected chi connectivity index (χ2v) is 5.92. The molecule has 1 aromatic heterocycles. The Morgan fingerprint density at radius 1 is 1.39 bits per heavy atom. The van der Waals surface area contributed by atoms with Gasteiger partial charge in [0, 0.05) is 13.1 Å². The van der Waals surface area contributed by atoms with Crippen LogP contribution in [0.2, 0.25) is 0 Å². The van der Waals surface area contributed by atoms with Gasteiger partial charge < -0.3 is 9.64 Å². The number of aromatic nitrogens is 4. The Kier molecular flexibility index (Phi) is 4.55. The first kappa shape index (κ1) is 15.5. The van der Waals surface area contributed by atoms with Crippen molar-refractivity contribution in [3.8, 4) is 5.75 Å². The molecule has 1 aliphatic carbocycles. The predicted octanol–water partition coefficient (Wildman–Crippen LogP) is 1.51. The fourth-order valence-corrected chi connectivity index (χ4v) is 2.42. The highest BCUT2D eigenvalue weighted by atomic mass is 16.5. The van der Waals surface area contributed by atoms with Crippen LogP contribution in [0, 0.1) is 5.92 Å². The first-order valence-corrected chi connectivity index (χ1v) is 7.83. The van der Waals surface area contributed by atoms with Gasteiger partial charge in [0.25, 0.3) is 0 Å². The van der Waals surface area contributed by atoms with Crippen LogP contribution in [0.3, 0.4) is 0 Å². The molecule has 122 valence electrons. The van der Waals surface area contributed by atoms with Gasteiger partial charge in [-0.2, -0.15) is 4.80 Å². The molecule has 1 heterocycles. The number of carbonyl (C=O) groups excluding carboxylic acids is 1. The maximum absolute atomic E-state index is 12.2. The van der Waals surface area contributed by atoms with E-state index < -0.39 is 0 Å². The van der Waals surface area contributed by atoms with E-state index in [4.69, 9.17) is 4.74 Å². The molecule has 2 aromatic rings. The fraction of sp³-hybridized carbons (Fsp3) is 0.500. The van der Waals surface area contributed by atoms with Crippen LogP contribution in [0.15, 0.2) is 30.3 Å². The zero-order chi connectivity index (χ0) is 16.2. The third-order valence-corrected chi connectivity index (χ3v) is 4.19. The van der Waals surface area contributed by atoms with Crippen LogP contribution in [-0.4, -0.2) is 44.1 Å². The molecule has 1 aliphatic rings. The third kappa shape index (κ3) is 4.06. The maximum atomic E-state index is 12.2. The molecule has 1 atom stereocenters. The van der Waals surface area contributed by atoms with E-state index in [1.54, 1.807) is 4.90 Å². The molecule has 23 heavy (non-hydrogen) atoms. The highest BCUT2D eigenvalue weighted by Gasteiger charge is 2.32. The first-order valence-electron chi connectivity index (χ1n) is 7.83. The number of carbonyl (C=O) groups is 1. The molecule has 7 heteroatoms. The van der Waals surface area contributed by atoms with Gasteiger partial charge in [0.15, 0.2) is 6.61 Å². The van der Waals surface area contributed by atoms with Crippen LogP contribution in [0.1, 0.15) is 25.6 Å². The fourth-order valence-electron chi connectivity index (χ4n) is 2.42. The van der Waals surface area contributed by atoms with Crippen LogP contribution in [-0.2, 0) is 17.9 Å². The number of hydrogen-bond donors (Lipinski definition) is 0. The average molecular weight is 315 g/mol. The summed E-state index contributed by atoms with van der Waals surface area (Å²) in [7, 11) is 1.83. The number of benzene rings is 1. The van der Waals surface area contributed by atoms with Crippen molar-refractivity contribution in [2.45, 2.75) is 39.0 Å².